The molecule has 66 heavy (non-hydrogen) atoms. The van der Waals surface area contributed by atoms with E-state index in [1.54, 1.807) is 103 Å². The van der Waals surface area contributed by atoms with E-state index in [-0.39, 0.29) is 36.2 Å². The van der Waals surface area contributed by atoms with Crippen LogP contribution in [0.25, 0.3) is 10.9 Å². The van der Waals surface area contributed by atoms with E-state index >= 15 is 0 Å². The predicted octanol–water partition coefficient (Wildman–Crippen LogP) is 2.34. The van der Waals surface area contributed by atoms with Crippen molar-refractivity contribution in [2.24, 2.45) is 23.4 Å². The Kier molecular flexibility index (Phi) is 14.1. The van der Waals surface area contributed by atoms with Crippen LogP contribution >= 0.6 is 11.3 Å². The van der Waals surface area contributed by atoms with Gasteiger partial charge in [0.05, 0.1) is 23.7 Å². The van der Waals surface area contributed by atoms with Crippen molar-refractivity contribution in [2.75, 3.05) is 25.0 Å². The molecule has 2 saturated heterocycles. The predicted molar refractivity (Wildman–Crippen MR) is 233 cm³/mol. The van der Waals surface area contributed by atoms with Gasteiger partial charge in [-0.25, -0.2) is 19.4 Å². The van der Waals surface area contributed by atoms with Crippen molar-refractivity contribution in [3.8, 4) is 5.75 Å². The lowest BCUT2D eigenvalue weighted by atomic mass is 9.79. The molecular weight excluding hydrogens is 911 g/mol. The number of carbonyl (C=O) groups excluding carboxylic acids is 6. The fourth-order valence-electron chi connectivity index (χ4n) is 6.59. The maximum Gasteiger partial charge on any atom is 0.418 e. The van der Waals surface area contributed by atoms with Crippen LogP contribution in [0.2, 0.25) is 0 Å². The van der Waals surface area contributed by atoms with Crippen molar-refractivity contribution in [1.29, 1.82) is 0 Å². The molecule has 24 nitrogen and oxygen atoms in total. The first-order valence-corrected chi connectivity index (χ1v) is 22.6. The zero-order valence-electron chi connectivity index (χ0n) is 38.6. The van der Waals surface area contributed by atoms with Gasteiger partial charge in [0.25, 0.3) is 17.9 Å². The number of nitrogens with two attached hydrogens (primary N) is 1. The Labute approximate surface area is 384 Å². The molecule has 5 rings (SSSR count). The number of amides is 5. The van der Waals surface area contributed by atoms with Crippen molar-refractivity contribution in [1.82, 2.24) is 24.9 Å². The lowest BCUT2D eigenvalue weighted by Gasteiger charge is -2.50. The largest absolute Gasteiger partial charge is 0.489 e. The minimum Gasteiger partial charge on any atom is -0.489 e. The molecule has 2 atom stereocenters. The number of nitrogens with one attached hydrogen (secondary N) is 2. The number of likely N-dealkylation sites (tertiary alicyclic amines) is 1. The topological polar surface area (TPSA) is 303 Å². The van der Waals surface area contributed by atoms with Gasteiger partial charge in [0.15, 0.2) is 17.9 Å². The second-order valence-corrected chi connectivity index (χ2v) is 21.1. The molecule has 0 bridgehead atoms. The van der Waals surface area contributed by atoms with Crippen molar-refractivity contribution < 1.29 is 74.5 Å². The first kappa shape index (κ1) is 50.9. The summed E-state index contributed by atoms with van der Waals surface area (Å²) in [5, 5.41) is 11.2. The highest BCUT2D eigenvalue weighted by Gasteiger charge is 2.58. The van der Waals surface area contributed by atoms with Gasteiger partial charge in [-0.15, -0.1) is 20.3 Å². The number of ether oxygens (including phenoxy) is 4. The van der Waals surface area contributed by atoms with Gasteiger partial charge in [-0.05, 0) is 88.3 Å². The molecular formula is C40H56N9O15S2+. The SMILES string of the molecule is C[n+]1c2ccc(OCC(O/N=C(\C(=O)N[C@@H]3C(=O)N(OS(=O)(=O)O)C3(C)C)c3csc(NC(=O)OC(C)(C)C)n3)C(=O)OC(C)(C)C)cc2cn1CC1(C(N)=O)CN(C(=O)OC(C)(C)C)C1. The molecule has 2 aliphatic heterocycles. The number of aryl methyl sites for hydroxylation is 1. The number of primary amides is 1. The van der Waals surface area contributed by atoms with Crippen molar-refractivity contribution in [3.63, 3.8) is 0 Å². The van der Waals surface area contributed by atoms with Crippen LogP contribution < -0.4 is 25.8 Å². The van der Waals surface area contributed by atoms with Crippen LogP contribution in [0.15, 0.2) is 34.9 Å². The summed E-state index contributed by atoms with van der Waals surface area (Å²) in [6, 6.07) is 3.62. The maximum absolute atomic E-state index is 13.9. The van der Waals surface area contributed by atoms with Gasteiger partial charge in [-0.1, -0.05) is 5.16 Å². The number of esters is 1. The summed E-state index contributed by atoms with van der Waals surface area (Å²) in [4.78, 5) is 89.7. The molecule has 4 heterocycles. The highest BCUT2D eigenvalue weighted by molar-refractivity contribution is 7.80. The molecule has 0 radical (unpaired) electrons. The van der Waals surface area contributed by atoms with E-state index in [1.165, 1.54) is 24.1 Å². The third-order valence-electron chi connectivity index (χ3n) is 9.68. The zero-order valence-corrected chi connectivity index (χ0v) is 40.2. The number of aromatic nitrogens is 3. The summed E-state index contributed by atoms with van der Waals surface area (Å²) in [6.07, 6.45) is -1.27. The highest BCUT2D eigenvalue weighted by Crippen LogP contribution is 2.35. The average Bonchev–Trinajstić information content (AvgIpc) is 3.71. The van der Waals surface area contributed by atoms with E-state index in [0.29, 0.717) is 10.4 Å². The second-order valence-electron chi connectivity index (χ2n) is 19.2. The highest BCUT2D eigenvalue weighted by atomic mass is 32.3. The van der Waals surface area contributed by atoms with Gasteiger partial charge in [-0.2, -0.15) is 18.2 Å². The van der Waals surface area contributed by atoms with Crippen LogP contribution in [0.1, 0.15) is 81.9 Å². The molecule has 1 aromatic carbocycles. The number of hydrogen-bond donors (Lipinski definition) is 4. The van der Waals surface area contributed by atoms with Crippen LogP contribution in [0, 0.1) is 5.41 Å². The van der Waals surface area contributed by atoms with E-state index in [9.17, 15) is 37.2 Å². The van der Waals surface area contributed by atoms with Crippen molar-refractivity contribution in [2.45, 2.75) is 117 Å². The van der Waals surface area contributed by atoms with Crippen LogP contribution in [0.4, 0.5) is 14.7 Å². The molecule has 5 N–H and O–H groups in total. The second kappa shape index (κ2) is 18.3. The third kappa shape index (κ3) is 12.4. The summed E-state index contributed by atoms with van der Waals surface area (Å²) in [7, 11) is -3.32. The van der Waals surface area contributed by atoms with E-state index in [0.717, 1.165) is 16.9 Å². The number of β-lactam (4-membered cyclic amide) rings is 1. The van der Waals surface area contributed by atoms with E-state index < -0.39 is 98.5 Å². The van der Waals surface area contributed by atoms with Gasteiger partial charge in [0.2, 0.25) is 11.4 Å². The van der Waals surface area contributed by atoms with E-state index in [4.69, 9.17) is 34.1 Å². The lowest BCUT2D eigenvalue weighted by molar-refractivity contribution is -0.732. The molecule has 362 valence electrons. The van der Waals surface area contributed by atoms with Crippen LogP contribution in [0.3, 0.4) is 0 Å². The first-order chi connectivity index (χ1) is 30.2. The zero-order chi connectivity index (χ0) is 49.5. The van der Waals surface area contributed by atoms with E-state index in [1.807, 2.05) is 0 Å². The average molecular weight is 967 g/mol. The molecule has 0 aliphatic carbocycles. The number of anilines is 1. The van der Waals surface area contributed by atoms with Gasteiger partial charge < -0.3 is 39.7 Å². The number of hydrogen-bond acceptors (Lipinski definition) is 17. The Morgan fingerprint density at radius 3 is 2.20 bits per heavy atom. The van der Waals surface area contributed by atoms with Gasteiger partial charge in [-0.3, -0.25) is 24.3 Å². The Hall–Kier alpha value is -6.12. The van der Waals surface area contributed by atoms with Crippen molar-refractivity contribution >= 4 is 79.4 Å². The first-order valence-electron chi connectivity index (χ1n) is 20.3. The van der Waals surface area contributed by atoms with Crippen LogP contribution in [-0.4, -0.2) is 128 Å². The van der Waals surface area contributed by atoms with E-state index in [2.05, 4.69) is 25.1 Å². The number of hydroxylamine groups is 2. The van der Waals surface area contributed by atoms with Crippen LogP contribution in [-0.2, 0) is 66.5 Å². The summed E-state index contributed by atoms with van der Waals surface area (Å²) in [6.45, 7) is 17.5. The smallest absolute Gasteiger partial charge is 0.418 e. The Balaban J connectivity index is 1.40. The molecule has 0 spiro atoms. The molecule has 5 amide bonds. The Morgan fingerprint density at radius 2 is 1.64 bits per heavy atom. The molecule has 3 aromatic rings. The molecule has 2 fully saturated rings. The Morgan fingerprint density at radius 1 is 1.02 bits per heavy atom. The van der Waals surface area contributed by atoms with Gasteiger partial charge in [0, 0.05) is 24.5 Å². The minimum atomic E-state index is -5.10. The summed E-state index contributed by atoms with van der Waals surface area (Å²) >= 11 is 0.874. The fourth-order valence-corrected chi connectivity index (χ4v) is 7.73. The summed E-state index contributed by atoms with van der Waals surface area (Å²) in [5.41, 5.74) is 0.628. The van der Waals surface area contributed by atoms with Gasteiger partial charge >= 0.3 is 28.6 Å². The number of oxime groups is 1. The maximum atomic E-state index is 13.9. The van der Waals surface area contributed by atoms with Crippen molar-refractivity contribution in [3.05, 3.63) is 35.5 Å². The quantitative estimate of drug-likeness (QED) is 0.0323. The molecule has 1 unspecified atom stereocenters. The number of benzene rings is 1. The number of carbonyl (C=O) groups is 6. The standard InChI is InChI=1S/C40H55N9O15S2/c1-36(2,3)60-31(52)26(17-59-23-13-14-25-22(15-23)16-48(46(25)12)21-40(32(41)53)19-47(20-40)35(55)62-38(7,8)9)63-45-27(24-18-65-33(42-24)44-34(54)61-37(4,5)6)29(50)43-28-30(51)49(39(28,10)11)64-66(56,57)58/h13-16,18,26,28H,17,19-21H2,1-12H3,(H4-,41,42,43,44,50,53,54,56,57,58)/p+1/b45-27-/t26?,28-/m1/s1. The summed E-state index contributed by atoms with van der Waals surface area (Å²) in [5.74, 6) is -3.39. The van der Waals surface area contributed by atoms with Crippen LogP contribution in [0.5, 0.6) is 5.75 Å². The normalized spacial score (nSPS) is 17.8. The number of rotatable bonds is 15. The fraction of sp³-hybridized carbons (Fsp3) is 0.575. The minimum absolute atomic E-state index is 0.0302. The monoisotopic (exact) mass is 966 g/mol. The molecule has 2 aromatic heterocycles. The third-order valence-corrected chi connectivity index (χ3v) is 10.8. The molecule has 0 saturated carbocycles. The van der Waals surface area contributed by atoms with Gasteiger partial charge in [0.1, 0.15) is 46.3 Å². The number of thiazole rings is 1. The molecule has 2 aliphatic rings. The Bertz CT molecular complexity index is 2540. The summed E-state index contributed by atoms with van der Waals surface area (Å²) < 4.78 is 62.2. The lowest BCUT2D eigenvalue weighted by Crippen LogP contribution is -2.76. The number of nitrogens with zero attached hydrogens (tertiary/aromatic N) is 6. The number of fused-ring (bicyclic) bond motifs is 1. The molecule has 26 heteroatoms.